The molecule has 3 aromatic rings. The topological polar surface area (TPSA) is 136 Å². The Kier molecular flexibility index (Phi) is 7.05. The molecule has 0 atom stereocenters. The van der Waals surface area contributed by atoms with Gasteiger partial charge in [-0.3, -0.25) is 14.3 Å². The number of morpholine rings is 1. The predicted octanol–water partition coefficient (Wildman–Crippen LogP) is 2.02. The lowest BCUT2D eigenvalue weighted by Crippen LogP contribution is -2.42. The zero-order valence-electron chi connectivity index (χ0n) is 18.6. The molecule has 1 aliphatic rings. The molecule has 0 saturated carbocycles. The van der Waals surface area contributed by atoms with Gasteiger partial charge in [0.25, 0.3) is 5.91 Å². The summed E-state index contributed by atoms with van der Waals surface area (Å²) in [6, 6.07) is 5.67. The lowest BCUT2D eigenvalue weighted by molar-refractivity contribution is -0.141. The maximum Gasteiger partial charge on any atom is 0.433 e. The lowest BCUT2D eigenvalue weighted by atomic mass is 10.2. The summed E-state index contributed by atoms with van der Waals surface area (Å²) in [6.45, 7) is 1.02. The minimum absolute atomic E-state index is 0.00739. The fourth-order valence-corrected chi connectivity index (χ4v) is 3.50. The standard InChI is InChI=1S/C22H20F3N5O6/c23-22(24,25)18-3-1-2-14(26-18)21(34)27-16-8-13-10-30(11-19(31)29-4-6-35-7-5-29)28-15(13)9-17(16)36-12-20(32)33/h1-3,8-10H,4-7,11-12H2,(H,27,34)(H,32,33). The number of carbonyl (C=O) groups excluding carboxylic acids is 2. The number of alkyl halides is 3. The van der Waals surface area contributed by atoms with E-state index in [4.69, 9.17) is 14.6 Å². The number of hydrogen-bond acceptors (Lipinski definition) is 7. The molecule has 0 unspecified atom stereocenters. The molecule has 36 heavy (non-hydrogen) atoms. The van der Waals surface area contributed by atoms with Gasteiger partial charge >= 0.3 is 12.1 Å². The number of aromatic nitrogens is 3. The van der Waals surface area contributed by atoms with E-state index in [0.717, 1.165) is 18.2 Å². The largest absolute Gasteiger partial charge is 0.480 e. The molecule has 1 aliphatic heterocycles. The molecule has 0 aliphatic carbocycles. The van der Waals surface area contributed by atoms with Crippen molar-refractivity contribution in [1.82, 2.24) is 19.7 Å². The number of amides is 2. The number of nitrogens with zero attached hydrogens (tertiary/aromatic N) is 4. The molecule has 2 N–H and O–H groups in total. The zero-order chi connectivity index (χ0) is 25.9. The van der Waals surface area contributed by atoms with Gasteiger partial charge in [-0.1, -0.05) is 6.07 Å². The number of halogens is 3. The van der Waals surface area contributed by atoms with Crippen LogP contribution in [0.15, 0.2) is 36.5 Å². The predicted molar refractivity (Wildman–Crippen MR) is 117 cm³/mol. The zero-order valence-corrected chi connectivity index (χ0v) is 18.6. The number of benzene rings is 1. The van der Waals surface area contributed by atoms with Gasteiger partial charge in [0.15, 0.2) is 6.61 Å². The van der Waals surface area contributed by atoms with E-state index in [1.807, 2.05) is 0 Å². The quantitative estimate of drug-likeness (QED) is 0.496. The number of carbonyl (C=O) groups is 3. The molecule has 1 aromatic carbocycles. The summed E-state index contributed by atoms with van der Waals surface area (Å²) in [4.78, 5) is 41.2. The van der Waals surface area contributed by atoms with Crippen LogP contribution in [0.4, 0.5) is 18.9 Å². The van der Waals surface area contributed by atoms with Gasteiger partial charge in [-0.05, 0) is 18.2 Å². The summed E-state index contributed by atoms with van der Waals surface area (Å²) >= 11 is 0. The third-order valence-corrected chi connectivity index (χ3v) is 5.19. The Balaban J connectivity index is 1.60. The Morgan fingerprint density at radius 2 is 1.92 bits per heavy atom. The number of aliphatic carboxylic acids is 1. The average Bonchev–Trinajstić information content (AvgIpc) is 3.23. The summed E-state index contributed by atoms with van der Waals surface area (Å²) in [7, 11) is 0. The van der Waals surface area contributed by atoms with Crippen LogP contribution >= 0.6 is 0 Å². The number of carboxylic acid groups (broad SMARTS) is 1. The van der Waals surface area contributed by atoms with Crippen LogP contribution in [0.2, 0.25) is 0 Å². The number of nitrogens with one attached hydrogen (secondary N) is 1. The molecular formula is C22H20F3N5O6. The highest BCUT2D eigenvalue weighted by Crippen LogP contribution is 2.31. The summed E-state index contributed by atoms with van der Waals surface area (Å²) in [6.07, 6.45) is -3.19. The number of hydrogen-bond donors (Lipinski definition) is 2. The molecule has 2 aromatic heterocycles. The monoisotopic (exact) mass is 507 g/mol. The normalized spacial score (nSPS) is 14.0. The summed E-state index contributed by atoms with van der Waals surface area (Å²) in [5, 5.41) is 16.2. The minimum Gasteiger partial charge on any atom is -0.480 e. The number of fused-ring (bicyclic) bond motifs is 1. The van der Waals surface area contributed by atoms with Crippen molar-refractivity contribution in [1.29, 1.82) is 0 Å². The number of ether oxygens (including phenoxy) is 2. The van der Waals surface area contributed by atoms with Gasteiger partial charge in [0.05, 0.1) is 24.4 Å². The van der Waals surface area contributed by atoms with Crippen molar-refractivity contribution in [3.8, 4) is 5.75 Å². The third-order valence-electron chi connectivity index (χ3n) is 5.19. The Morgan fingerprint density at radius 3 is 2.61 bits per heavy atom. The first-order valence-corrected chi connectivity index (χ1v) is 10.7. The number of anilines is 1. The molecule has 0 bridgehead atoms. The molecular weight excluding hydrogens is 487 g/mol. The molecule has 1 saturated heterocycles. The highest BCUT2D eigenvalue weighted by Gasteiger charge is 2.33. The van der Waals surface area contributed by atoms with Gasteiger partial charge < -0.3 is 24.8 Å². The number of carboxylic acids is 1. The van der Waals surface area contributed by atoms with E-state index in [0.29, 0.717) is 37.2 Å². The molecule has 4 rings (SSSR count). The van der Waals surface area contributed by atoms with Crippen molar-refractivity contribution in [2.75, 3.05) is 38.2 Å². The van der Waals surface area contributed by atoms with Gasteiger partial charge in [-0.25, -0.2) is 9.78 Å². The Hall–Kier alpha value is -4.20. The molecule has 14 heteroatoms. The van der Waals surface area contributed by atoms with E-state index >= 15 is 0 Å². The highest BCUT2D eigenvalue weighted by molar-refractivity contribution is 6.05. The van der Waals surface area contributed by atoms with Gasteiger partial charge in [0, 0.05) is 30.7 Å². The lowest BCUT2D eigenvalue weighted by Gasteiger charge is -2.26. The van der Waals surface area contributed by atoms with Gasteiger partial charge in [-0.2, -0.15) is 18.3 Å². The third kappa shape index (κ3) is 5.89. The van der Waals surface area contributed by atoms with E-state index < -0.39 is 36.0 Å². The summed E-state index contributed by atoms with van der Waals surface area (Å²) in [5.74, 6) is -2.49. The smallest absolute Gasteiger partial charge is 0.433 e. The van der Waals surface area contributed by atoms with Crippen LogP contribution in [0.1, 0.15) is 16.2 Å². The number of rotatable bonds is 7. The Labute approximate surface area is 201 Å². The fourth-order valence-electron chi connectivity index (χ4n) is 3.50. The van der Waals surface area contributed by atoms with Crippen molar-refractivity contribution in [3.63, 3.8) is 0 Å². The summed E-state index contributed by atoms with van der Waals surface area (Å²) in [5.41, 5.74) is -1.40. The van der Waals surface area contributed by atoms with Crippen molar-refractivity contribution >= 4 is 34.4 Å². The molecule has 0 radical (unpaired) electrons. The van der Waals surface area contributed by atoms with E-state index in [1.165, 1.54) is 16.8 Å². The Morgan fingerprint density at radius 1 is 1.17 bits per heavy atom. The van der Waals surface area contributed by atoms with Crippen molar-refractivity contribution in [2.24, 2.45) is 0 Å². The van der Waals surface area contributed by atoms with E-state index in [2.05, 4.69) is 15.4 Å². The van der Waals surface area contributed by atoms with E-state index in [-0.39, 0.29) is 23.9 Å². The molecule has 1 fully saturated rings. The maximum atomic E-state index is 13.0. The molecule has 3 heterocycles. The highest BCUT2D eigenvalue weighted by atomic mass is 19.4. The van der Waals surface area contributed by atoms with Crippen molar-refractivity contribution in [3.05, 3.63) is 47.9 Å². The Bertz CT molecular complexity index is 1300. The van der Waals surface area contributed by atoms with Crippen molar-refractivity contribution < 1.29 is 42.1 Å². The maximum absolute atomic E-state index is 13.0. The van der Waals surface area contributed by atoms with Crippen LogP contribution in [0, 0.1) is 0 Å². The summed E-state index contributed by atoms with van der Waals surface area (Å²) < 4.78 is 50.8. The van der Waals surface area contributed by atoms with Crippen LogP contribution in [-0.4, -0.2) is 75.5 Å². The second kappa shape index (κ2) is 10.2. The average molecular weight is 507 g/mol. The second-order valence-electron chi connectivity index (χ2n) is 7.77. The van der Waals surface area contributed by atoms with Gasteiger partial charge in [-0.15, -0.1) is 0 Å². The van der Waals surface area contributed by atoms with Crippen LogP contribution < -0.4 is 10.1 Å². The van der Waals surface area contributed by atoms with Crippen LogP contribution in [0.3, 0.4) is 0 Å². The minimum atomic E-state index is -4.74. The fraction of sp³-hybridized carbons (Fsp3) is 0.318. The van der Waals surface area contributed by atoms with E-state index in [1.54, 1.807) is 11.1 Å². The first-order chi connectivity index (χ1) is 17.1. The van der Waals surface area contributed by atoms with Gasteiger partial charge in [0.1, 0.15) is 23.7 Å². The van der Waals surface area contributed by atoms with Crippen LogP contribution in [-0.2, 0) is 27.0 Å². The molecule has 2 amide bonds. The first kappa shape index (κ1) is 24.9. The SMILES string of the molecule is O=C(O)COc1cc2nn(CC(=O)N3CCOCC3)cc2cc1NC(=O)c1cccc(C(F)(F)F)n1. The molecule has 190 valence electrons. The first-order valence-electron chi connectivity index (χ1n) is 10.7. The van der Waals surface area contributed by atoms with Gasteiger partial charge in [0.2, 0.25) is 5.91 Å². The molecule has 0 spiro atoms. The second-order valence-corrected chi connectivity index (χ2v) is 7.77. The molecule has 11 nitrogen and oxygen atoms in total. The van der Waals surface area contributed by atoms with Crippen LogP contribution in [0.25, 0.3) is 10.9 Å². The van der Waals surface area contributed by atoms with Crippen molar-refractivity contribution in [2.45, 2.75) is 12.7 Å². The van der Waals surface area contributed by atoms with E-state index in [9.17, 15) is 27.6 Å². The number of pyridine rings is 1. The van der Waals surface area contributed by atoms with Crippen LogP contribution in [0.5, 0.6) is 5.75 Å².